The molecule has 1 aromatic carbocycles. The molecule has 0 amide bonds. The number of nitrogens with two attached hydrogens (primary N) is 1. The molecule has 0 saturated carbocycles. The highest BCUT2D eigenvalue weighted by Gasteiger charge is 2.20. The van der Waals surface area contributed by atoms with Gasteiger partial charge in [-0.15, -0.1) is 11.3 Å². The molecule has 0 bridgehead atoms. The van der Waals surface area contributed by atoms with Gasteiger partial charge in [0, 0.05) is 16.3 Å². The lowest BCUT2D eigenvalue weighted by atomic mass is 10.1. The van der Waals surface area contributed by atoms with Crippen LogP contribution in [-0.2, 0) is 6.42 Å². The summed E-state index contributed by atoms with van der Waals surface area (Å²) in [5, 5.41) is 1.72. The van der Waals surface area contributed by atoms with Crippen molar-refractivity contribution in [1.29, 1.82) is 0 Å². The molecule has 0 fully saturated rings. The minimum absolute atomic E-state index is 0.0195. The third-order valence-corrected chi connectivity index (χ3v) is 4.70. The van der Waals surface area contributed by atoms with Crippen molar-refractivity contribution in [1.82, 2.24) is 10.4 Å². The fourth-order valence-electron chi connectivity index (χ4n) is 2.01. The van der Waals surface area contributed by atoms with Crippen LogP contribution in [0.25, 0.3) is 0 Å². The third kappa shape index (κ3) is 4.41. The number of hydrazine groups is 1. The van der Waals surface area contributed by atoms with E-state index in [1.807, 2.05) is 32.0 Å². The van der Waals surface area contributed by atoms with Crippen molar-refractivity contribution < 1.29 is 4.74 Å². The Bertz CT molecular complexity index is 583. The second kappa shape index (κ2) is 7.22. The maximum atomic E-state index is 5.96. The molecule has 0 spiro atoms. The molecule has 2 rings (SSSR count). The zero-order chi connectivity index (χ0) is 15.4. The van der Waals surface area contributed by atoms with Gasteiger partial charge in [-0.25, -0.2) is 4.98 Å². The molecule has 0 saturated heterocycles. The Labute approximate surface area is 134 Å². The smallest absolute Gasteiger partial charge is 0.121 e. The number of aryl methyl sites for hydroxylation is 2. The zero-order valence-electron chi connectivity index (χ0n) is 12.4. The Kier molecular flexibility index (Phi) is 5.58. The van der Waals surface area contributed by atoms with E-state index in [1.54, 1.807) is 17.4 Å². The van der Waals surface area contributed by atoms with Gasteiger partial charge in [0.25, 0.3) is 0 Å². The summed E-state index contributed by atoms with van der Waals surface area (Å²) in [5.74, 6) is 6.41. The van der Waals surface area contributed by atoms with Crippen LogP contribution in [0, 0.1) is 13.8 Å². The molecule has 21 heavy (non-hydrogen) atoms. The molecule has 6 heteroatoms. The highest BCUT2D eigenvalue weighted by molar-refractivity contribution is 7.11. The quantitative estimate of drug-likeness (QED) is 0.632. The molecular weight excluding hydrogens is 306 g/mol. The first-order valence-corrected chi connectivity index (χ1v) is 8.00. The average Bonchev–Trinajstić information content (AvgIpc) is 2.74. The van der Waals surface area contributed by atoms with Crippen LogP contribution in [0.1, 0.15) is 22.5 Å². The molecule has 3 N–H and O–H groups in total. The number of aromatic nitrogens is 1. The van der Waals surface area contributed by atoms with E-state index < -0.39 is 0 Å². The average molecular weight is 326 g/mol. The van der Waals surface area contributed by atoms with Crippen LogP contribution in [0.15, 0.2) is 24.3 Å². The van der Waals surface area contributed by atoms with Gasteiger partial charge in [-0.05, 0) is 39.0 Å². The summed E-state index contributed by atoms with van der Waals surface area (Å²) >= 11 is 7.66. The van der Waals surface area contributed by atoms with Crippen LogP contribution >= 0.6 is 22.9 Å². The van der Waals surface area contributed by atoms with E-state index in [9.17, 15) is 0 Å². The minimum Gasteiger partial charge on any atom is -0.489 e. The molecule has 1 aromatic heterocycles. The summed E-state index contributed by atoms with van der Waals surface area (Å²) in [4.78, 5) is 5.79. The summed E-state index contributed by atoms with van der Waals surface area (Å²) in [7, 11) is 0. The number of hydrogen-bond acceptors (Lipinski definition) is 5. The van der Waals surface area contributed by atoms with Crippen LogP contribution in [-0.4, -0.2) is 17.1 Å². The van der Waals surface area contributed by atoms with Crippen molar-refractivity contribution in [3.8, 4) is 5.75 Å². The summed E-state index contributed by atoms with van der Waals surface area (Å²) in [6.45, 7) is 6.08. The second-order valence-electron chi connectivity index (χ2n) is 5.01. The fourth-order valence-corrected chi connectivity index (χ4v) is 3.18. The van der Waals surface area contributed by atoms with Gasteiger partial charge in [0.1, 0.15) is 11.9 Å². The Hall–Kier alpha value is -1.14. The Balaban J connectivity index is 2.02. The van der Waals surface area contributed by atoms with Gasteiger partial charge in [0.15, 0.2) is 0 Å². The lowest BCUT2D eigenvalue weighted by Crippen LogP contribution is -2.46. The lowest BCUT2D eigenvalue weighted by Gasteiger charge is -2.23. The highest BCUT2D eigenvalue weighted by atomic mass is 35.5. The van der Waals surface area contributed by atoms with E-state index >= 15 is 0 Å². The predicted molar refractivity (Wildman–Crippen MR) is 87.9 cm³/mol. The molecule has 0 aliphatic heterocycles. The maximum absolute atomic E-state index is 5.96. The van der Waals surface area contributed by atoms with Crippen LogP contribution in [0.4, 0.5) is 0 Å². The Morgan fingerprint density at radius 3 is 2.76 bits per heavy atom. The first kappa shape index (κ1) is 16.2. The van der Waals surface area contributed by atoms with Gasteiger partial charge in [-0.1, -0.05) is 17.7 Å². The largest absolute Gasteiger partial charge is 0.489 e. The summed E-state index contributed by atoms with van der Waals surface area (Å²) in [6.07, 6.45) is 0.635. The van der Waals surface area contributed by atoms with E-state index in [0.29, 0.717) is 5.02 Å². The van der Waals surface area contributed by atoms with Crippen LogP contribution in [0.3, 0.4) is 0 Å². The molecule has 2 atom stereocenters. The maximum Gasteiger partial charge on any atom is 0.121 e. The number of halogens is 1. The Morgan fingerprint density at radius 1 is 1.43 bits per heavy atom. The molecule has 2 aromatic rings. The van der Waals surface area contributed by atoms with Gasteiger partial charge in [-0.2, -0.15) is 0 Å². The van der Waals surface area contributed by atoms with Gasteiger partial charge >= 0.3 is 0 Å². The number of thiazole rings is 1. The van der Waals surface area contributed by atoms with Gasteiger partial charge in [-0.3, -0.25) is 11.3 Å². The topological polar surface area (TPSA) is 60.2 Å². The number of nitrogens with one attached hydrogen (secondary N) is 1. The number of ether oxygens (including phenoxy) is 1. The molecule has 1 heterocycles. The van der Waals surface area contributed by atoms with Crippen molar-refractivity contribution in [3.05, 3.63) is 44.9 Å². The van der Waals surface area contributed by atoms with Crippen molar-refractivity contribution in [2.45, 2.75) is 39.3 Å². The van der Waals surface area contributed by atoms with Gasteiger partial charge in [0.2, 0.25) is 0 Å². The molecular formula is C15H20ClN3OS. The minimum atomic E-state index is -0.0991. The van der Waals surface area contributed by atoms with Crippen LogP contribution in [0.5, 0.6) is 5.75 Å². The monoisotopic (exact) mass is 325 g/mol. The molecule has 2 unspecified atom stereocenters. The number of nitrogens with zero attached hydrogens (tertiary/aromatic N) is 1. The summed E-state index contributed by atoms with van der Waals surface area (Å²) < 4.78 is 5.91. The standard InChI is InChI=1S/C15H20ClN3OS/c1-9-11(3)21-15(18-9)8-14(19-17)10(2)20-13-6-4-5-12(16)7-13/h4-7,10,14,19H,8,17H2,1-3H3. The second-order valence-corrected chi connectivity index (χ2v) is 6.73. The van der Waals surface area contributed by atoms with Gasteiger partial charge in [0.05, 0.1) is 16.7 Å². The number of rotatable bonds is 6. The molecule has 0 aliphatic carbocycles. The van der Waals surface area contributed by atoms with Crippen LogP contribution in [0.2, 0.25) is 5.02 Å². The van der Waals surface area contributed by atoms with Crippen molar-refractivity contribution in [2.75, 3.05) is 0 Å². The van der Waals surface area contributed by atoms with Crippen molar-refractivity contribution in [2.24, 2.45) is 5.84 Å². The summed E-state index contributed by atoms with van der Waals surface area (Å²) in [5.41, 5.74) is 3.90. The molecule has 0 radical (unpaired) electrons. The van der Waals surface area contributed by atoms with E-state index in [0.717, 1.165) is 22.9 Å². The Morgan fingerprint density at radius 2 is 2.19 bits per heavy atom. The van der Waals surface area contributed by atoms with Crippen LogP contribution < -0.4 is 16.0 Å². The lowest BCUT2D eigenvalue weighted by molar-refractivity contribution is 0.169. The summed E-state index contributed by atoms with van der Waals surface area (Å²) in [6, 6.07) is 7.34. The zero-order valence-corrected chi connectivity index (χ0v) is 14.0. The van der Waals surface area contributed by atoms with Gasteiger partial charge < -0.3 is 4.74 Å². The molecule has 114 valence electrons. The first-order chi connectivity index (χ1) is 9.99. The third-order valence-electron chi connectivity index (χ3n) is 3.37. The molecule has 0 aliphatic rings. The van der Waals surface area contributed by atoms with Crippen molar-refractivity contribution in [3.63, 3.8) is 0 Å². The normalized spacial score (nSPS) is 14.0. The van der Waals surface area contributed by atoms with E-state index in [4.69, 9.17) is 22.2 Å². The first-order valence-electron chi connectivity index (χ1n) is 6.81. The van der Waals surface area contributed by atoms with E-state index in [1.165, 1.54) is 4.88 Å². The van der Waals surface area contributed by atoms with Crippen molar-refractivity contribution >= 4 is 22.9 Å². The van der Waals surface area contributed by atoms with E-state index in [-0.39, 0.29) is 12.1 Å². The number of benzene rings is 1. The predicted octanol–water partition coefficient (Wildman–Crippen LogP) is 3.26. The molecule has 4 nitrogen and oxygen atoms in total. The fraction of sp³-hybridized carbons (Fsp3) is 0.400. The van der Waals surface area contributed by atoms with E-state index in [2.05, 4.69) is 17.3 Å². The number of hydrogen-bond donors (Lipinski definition) is 2. The highest BCUT2D eigenvalue weighted by Crippen LogP contribution is 2.21. The SMILES string of the molecule is Cc1nc(CC(NN)C(C)Oc2cccc(Cl)c2)sc1C.